The van der Waals surface area contributed by atoms with Crippen LogP contribution in [0.15, 0.2) is 127 Å². The topological polar surface area (TPSA) is 20.9 Å². The lowest BCUT2D eigenvalue weighted by atomic mass is 9.12. The van der Waals surface area contributed by atoms with Gasteiger partial charge in [0.1, 0.15) is 10.8 Å². The lowest BCUT2D eigenvalue weighted by Crippen LogP contribution is -2.75. The van der Waals surface area contributed by atoms with Crippen molar-refractivity contribution >= 4 is 55.3 Å². The van der Waals surface area contributed by atoms with E-state index in [1.165, 1.54) is 10.3 Å². The smallest absolute Gasteiger partial charge is 0.295 e. The first-order chi connectivity index (χ1) is 34.5. The summed E-state index contributed by atoms with van der Waals surface area (Å²) in [7, 11) is 0. The van der Waals surface area contributed by atoms with Gasteiger partial charge in [-0.05, 0) is 43.3 Å². The van der Waals surface area contributed by atoms with Crippen molar-refractivity contribution in [1.29, 1.82) is 0 Å². The van der Waals surface area contributed by atoms with Crippen molar-refractivity contribution in [3.63, 3.8) is 0 Å². The van der Waals surface area contributed by atoms with Gasteiger partial charge in [0.25, 0.3) is 0 Å². The quantitative estimate of drug-likeness (QED) is 0.0674. The van der Waals surface area contributed by atoms with Crippen LogP contribution in [0, 0.1) is 0 Å². The summed E-state index contributed by atoms with van der Waals surface area (Å²) in [6.07, 6.45) is -54.8. The van der Waals surface area contributed by atoms with Gasteiger partial charge in [-0.2, -0.15) is 132 Å². The van der Waals surface area contributed by atoms with Crippen molar-refractivity contribution in [3.05, 3.63) is 182 Å². The number of benzene rings is 6. The highest BCUT2D eigenvalue weighted by atomic mass is 32.1. The van der Waals surface area contributed by atoms with Crippen LogP contribution >= 0.6 is 11.3 Å². The highest BCUT2D eigenvalue weighted by Gasteiger charge is 2.47. The minimum atomic E-state index is -6.13. The van der Waals surface area contributed by atoms with Gasteiger partial charge < -0.3 is 0 Å². The van der Waals surface area contributed by atoms with E-state index in [1.807, 2.05) is 36.4 Å². The van der Waals surface area contributed by atoms with Crippen LogP contribution in [0.5, 0.6) is 0 Å². The Bertz CT molecular complexity index is 2830. The van der Waals surface area contributed by atoms with Gasteiger partial charge in [-0.25, -0.2) is 0 Å². The fourth-order valence-electron chi connectivity index (χ4n) is 8.21. The van der Waals surface area contributed by atoms with Crippen molar-refractivity contribution in [1.82, 2.24) is 0 Å². The number of Topliss-reactive ketones (excluding diaryl/α,β-unsaturated/α-hetero) is 1. The number of fused-ring (bicyclic) bond motifs is 1. The Balaban J connectivity index is 0.000000408. The van der Waals surface area contributed by atoms with Crippen molar-refractivity contribution in [2.24, 2.45) is 0 Å². The number of aromatic nitrogens is 1. The maximum Gasteiger partial charge on any atom is 0.416 e. The number of nitrogens with zero attached hydrogens (tertiary/aromatic N) is 1. The Labute approximate surface area is 414 Å². The molecule has 28 heteroatoms. The second-order valence-electron chi connectivity index (χ2n) is 16.8. The zero-order valence-electron chi connectivity index (χ0n) is 37.2. The van der Waals surface area contributed by atoms with Crippen LogP contribution < -0.4 is 26.4 Å². The zero-order chi connectivity index (χ0) is 57.2. The molecule has 0 aliphatic rings. The molecule has 0 radical (unpaired) electrons. The van der Waals surface area contributed by atoms with E-state index in [9.17, 15) is 110 Å². The Kier molecular flexibility index (Phi) is 15.4. The zero-order valence-corrected chi connectivity index (χ0v) is 38.1. The summed E-state index contributed by atoms with van der Waals surface area (Å²) in [4.78, 5) is 11.5. The van der Waals surface area contributed by atoms with Crippen LogP contribution in [0.25, 0.3) is 10.2 Å². The average molecular weight is 1130 g/mol. The minimum Gasteiger partial charge on any atom is -0.295 e. The Morgan fingerprint density at radius 1 is 0.395 bits per heavy atom. The fraction of sp³-hybridized carbons (Fsp3) is 0.208. The van der Waals surface area contributed by atoms with E-state index in [0.717, 1.165) is 17.6 Å². The van der Waals surface area contributed by atoms with Gasteiger partial charge in [0.2, 0.25) is 11.0 Å². The molecule has 0 amide bonds. The van der Waals surface area contributed by atoms with Gasteiger partial charge >= 0.3 is 49.4 Å². The third kappa shape index (κ3) is 12.9. The van der Waals surface area contributed by atoms with Crippen molar-refractivity contribution in [2.75, 3.05) is 0 Å². The molecule has 406 valence electrons. The largest absolute Gasteiger partial charge is 0.416 e. The SMILES string of the molecule is CC(=O)c1ccc2sc[n+](Cc3ccccc3)c2c1.FC(F)(F)c1cc([B-](c2cc(C(F)(F)F)cc(C(F)(F)F)c2)(c2cc(C(F)(F)F)cc(C(F)(F)F)c2)c2cc(C(F)(F)F)cc(C(F)(F)F)c2)cc(C(F)(F)F)c1. The molecule has 2 nitrogen and oxygen atoms in total. The number of halogens is 24. The summed E-state index contributed by atoms with van der Waals surface area (Å²) in [5, 5.41) is 0. The summed E-state index contributed by atoms with van der Waals surface area (Å²) >= 11 is 1.71. The number of ketones is 1. The molecule has 0 saturated heterocycles. The molecule has 1 aromatic heterocycles. The van der Waals surface area contributed by atoms with Crippen molar-refractivity contribution in [3.8, 4) is 0 Å². The molecule has 0 N–H and O–H groups in total. The molecule has 0 saturated carbocycles. The molecule has 7 rings (SSSR count). The van der Waals surface area contributed by atoms with Gasteiger partial charge in [-0.1, -0.05) is 90.2 Å². The molecule has 6 aromatic carbocycles. The van der Waals surface area contributed by atoms with Crippen molar-refractivity contribution in [2.45, 2.75) is 62.9 Å². The van der Waals surface area contributed by atoms with Gasteiger partial charge in [0, 0.05) is 17.2 Å². The fourth-order valence-corrected chi connectivity index (χ4v) is 9.08. The minimum absolute atomic E-state index is 0.111. The first kappa shape index (κ1) is 58.5. The molecule has 0 aliphatic heterocycles. The second kappa shape index (κ2) is 20.0. The molecule has 0 atom stereocenters. The van der Waals surface area contributed by atoms with Crippen LogP contribution in [0.4, 0.5) is 105 Å². The number of rotatable bonds is 7. The van der Waals surface area contributed by atoms with Crippen LogP contribution in [0.3, 0.4) is 0 Å². The van der Waals surface area contributed by atoms with E-state index in [0.29, 0.717) is 0 Å². The maximum absolute atomic E-state index is 14.2. The predicted molar refractivity (Wildman–Crippen MR) is 228 cm³/mol. The number of hydrogen-bond donors (Lipinski definition) is 0. The van der Waals surface area contributed by atoms with Crippen LogP contribution in [-0.2, 0) is 56.0 Å². The normalized spacial score (nSPS) is 13.4. The number of alkyl halides is 24. The third-order valence-electron chi connectivity index (χ3n) is 11.6. The standard InChI is InChI=1S/C32H12BF24.C16H14NOS/c34-25(35,36)13-1-14(26(37,38)39)6-21(5-13)33(22-7-15(27(40,41)42)2-16(8-22)28(43,44)45,23-9-17(29(46,47)48)3-18(10-23)30(49,50)51)24-11-19(31(52,53)54)4-20(12-24)32(55,56)57;1-12(18)14-7-8-16-15(9-14)17(11-19-16)10-13-5-3-2-4-6-13/h1-12H;2-9,11H,10H2,1H3/q-1;+1. The molecule has 0 spiro atoms. The van der Waals surface area contributed by atoms with Gasteiger partial charge in [0.05, 0.1) is 44.5 Å². The number of thiazole rings is 1. The average Bonchev–Trinajstić information content (AvgIpc) is 3.68. The van der Waals surface area contributed by atoms with E-state index in [-0.39, 0.29) is 5.78 Å². The molecule has 0 fully saturated rings. The van der Waals surface area contributed by atoms with E-state index >= 15 is 0 Å². The predicted octanol–water partition coefficient (Wildman–Crippen LogP) is 14.7. The van der Waals surface area contributed by atoms with E-state index in [1.54, 1.807) is 18.3 Å². The molecule has 0 bridgehead atoms. The maximum atomic E-state index is 14.2. The summed E-state index contributed by atoms with van der Waals surface area (Å²) in [5.41, 5.74) is -24.9. The molecule has 0 aliphatic carbocycles. The number of carbonyl (C=O) groups is 1. The molecule has 7 aromatic rings. The Hall–Kier alpha value is -6.74. The van der Waals surface area contributed by atoms with E-state index < -0.39 is 195 Å². The Morgan fingerprint density at radius 3 is 0.921 bits per heavy atom. The van der Waals surface area contributed by atoms with E-state index in [2.05, 4.69) is 22.2 Å². The summed E-state index contributed by atoms with van der Waals surface area (Å²) < 4.78 is 344. The molecular weight excluding hydrogens is 1110 g/mol. The molecule has 0 unspecified atom stereocenters. The van der Waals surface area contributed by atoms with E-state index in [4.69, 9.17) is 0 Å². The van der Waals surface area contributed by atoms with Crippen LogP contribution in [-0.4, -0.2) is 11.9 Å². The summed E-state index contributed by atoms with van der Waals surface area (Å²) in [6.45, 7) is 2.44. The van der Waals surface area contributed by atoms with Crippen LogP contribution in [0.1, 0.15) is 67.4 Å². The third-order valence-corrected chi connectivity index (χ3v) is 12.6. The summed E-state index contributed by atoms with van der Waals surface area (Å²) in [5.74, 6) is 0.111. The first-order valence-electron chi connectivity index (χ1n) is 20.8. The molecular formula is C48H26BF24NOS. The first-order valence-corrected chi connectivity index (χ1v) is 21.7. The molecule has 76 heavy (non-hydrogen) atoms. The van der Waals surface area contributed by atoms with Crippen molar-refractivity contribution < 1.29 is 115 Å². The van der Waals surface area contributed by atoms with Crippen LogP contribution in [0.2, 0.25) is 0 Å². The van der Waals surface area contributed by atoms with Gasteiger partial charge in [-0.15, -0.1) is 0 Å². The lowest BCUT2D eigenvalue weighted by Gasteiger charge is -2.46. The summed E-state index contributed by atoms with van der Waals surface area (Å²) in [6, 6.07) is 7.44. The number of carbonyl (C=O) groups excluding carboxylic acids is 1. The molecule has 1 heterocycles. The van der Waals surface area contributed by atoms with Gasteiger partial charge in [0.15, 0.2) is 12.3 Å². The highest BCUT2D eigenvalue weighted by Crippen LogP contribution is 2.41. The lowest BCUT2D eigenvalue weighted by molar-refractivity contribution is -0.658. The number of hydrogen-bond acceptors (Lipinski definition) is 2. The van der Waals surface area contributed by atoms with Gasteiger partial charge in [-0.3, -0.25) is 4.79 Å². The highest BCUT2D eigenvalue weighted by molar-refractivity contribution is 7.20. The Morgan fingerprint density at radius 2 is 0.671 bits per heavy atom. The monoisotopic (exact) mass is 1130 g/mol. The second-order valence-corrected chi connectivity index (χ2v) is 17.7.